The van der Waals surface area contributed by atoms with Crippen LogP contribution in [0.4, 0.5) is 4.39 Å². The summed E-state index contributed by atoms with van der Waals surface area (Å²) in [6.45, 7) is 0. The van der Waals surface area contributed by atoms with Gasteiger partial charge in [0.25, 0.3) is 0 Å². The zero-order valence-corrected chi connectivity index (χ0v) is 9.08. The van der Waals surface area contributed by atoms with Crippen molar-refractivity contribution in [1.29, 1.82) is 0 Å². The topological polar surface area (TPSA) is 3.24 Å². The Bertz CT molecular complexity index is 295. The number of halogens is 1. The van der Waals surface area contributed by atoms with Crippen LogP contribution < -0.4 is 0 Å². The Balaban J connectivity index is 2.65. The van der Waals surface area contributed by atoms with Gasteiger partial charge in [0.05, 0.1) is 0 Å². The number of thioether (sulfide) groups is 1. The smallest absolute Gasteiger partial charge is 0.140 e. The lowest BCUT2D eigenvalue weighted by Gasteiger charge is -2.12. The zero-order chi connectivity index (χ0) is 9.84. The molecular formula is C9H10FNS2. The molecule has 1 nitrogen and oxygen atoms in total. The Morgan fingerprint density at radius 2 is 1.85 bits per heavy atom. The first kappa shape index (κ1) is 10.5. The summed E-state index contributed by atoms with van der Waals surface area (Å²) in [5.41, 5.74) is 0. The number of rotatable bonds is 1. The van der Waals surface area contributed by atoms with Gasteiger partial charge in [0, 0.05) is 19.0 Å². The monoisotopic (exact) mass is 215 g/mol. The van der Waals surface area contributed by atoms with Gasteiger partial charge in [0.1, 0.15) is 10.1 Å². The molecule has 0 amide bonds. The molecule has 1 aromatic carbocycles. The summed E-state index contributed by atoms with van der Waals surface area (Å²) in [7, 11) is 3.78. The predicted octanol–water partition coefficient (Wildman–Crippen LogP) is 2.76. The van der Waals surface area contributed by atoms with E-state index in [1.807, 2.05) is 19.0 Å². The van der Waals surface area contributed by atoms with Crippen LogP contribution in [0.1, 0.15) is 0 Å². The van der Waals surface area contributed by atoms with Crippen LogP contribution in [-0.4, -0.2) is 23.3 Å². The fourth-order valence-corrected chi connectivity index (χ4v) is 1.64. The number of hydrogen-bond acceptors (Lipinski definition) is 2. The highest BCUT2D eigenvalue weighted by atomic mass is 32.2. The quantitative estimate of drug-likeness (QED) is 0.524. The van der Waals surface area contributed by atoms with Gasteiger partial charge in [-0.15, -0.1) is 0 Å². The largest absolute Gasteiger partial charge is 0.363 e. The van der Waals surface area contributed by atoms with E-state index in [-0.39, 0.29) is 5.82 Å². The normalized spacial score (nSPS) is 9.77. The minimum Gasteiger partial charge on any atom is -0.363 e. The third kappa shape index (κ3) is 3.32. The van der Waals surface area contributed by atoms with Crippen molar-refractivity contribution in [2.45, 2.75) is 4.90 Å². The first-order valence-corrected chi connectivity index (χ1v) is 4.97. The zero-order valence-electron chi connectivity index (χ0n) is 7.45. The molecule has 0 saturated heterocycles. The maximum Gasteiger partial charge on any atom is 0.140 e. The van der Waals surface area contributed by atoms with E-state index in [9.17, 15) is 4.39 Å². The van der Waals surface area contributed by atoms with Gasteiger partial charge in [-0.3, -0.25) is 0 Å². The van der Waals surface area contributed by atoms with Gasteiger partial charge < -0.3 is 4.90 Å². The number of benzene rings is 1. The van der Waals surface area contributed by atoms with Gasteiger partial charge in [-0.25, -0.2) is 4.39 Å². The first-order valence-electron chi connectivity index (χ1n) is 3.74. The molecule has 0 saturated carbocycles. The Labute approximate surface area is 86.9 Å². The minimum atomic E-state index is -0.222. The van der Waals surface area contributed by atoms with E-state index in [2.05, 4.69) is 0 Å². The Hall–Kier alpha value is -0.610. The SMILES string of the molecule is CN(C)C(=S)Sc1ccc(F)cc1. The van der Waals surface area contributed by atoms with Crippen LogP contribution >= 0.6 is 24.0 Å². The molecule has 0 aliphatic heterocycles. The summed E-state index contributed by atoms with van der Waals surface area (Å²) < 4.78 is 13.3. The molecule has 1 rings (SSSR count). The fourth-order valence-electron chi connectivity index (χ4n) is 0.695. The summed E-state index contributed by atoms with van der Waals surface area (Å²) in [6, 6.07) is 6.30. The molecule has 4 heteroatoms. The van der Waals surface area contributed by atoms with E-state index in [0.717, 1.165) is 9.22 Å². The van der Waals surface area contributed by atoms with E-state index in [4.69, 9.17) is 12.2 Å². The van der Waals surface area contributed by atoms with Crippen LogP contribution in [0.5, 0.6) is 0 Å². The number of nitrogens with zero attached hydrogens (tertiary/aromatic N) is 1. The average molecular weight is 215 g/mol. The summed E-state index contributed by atoms with van der Waals surface area (Å²) in [5.74, 6) is -0.222. The maximum absolute atomic E-state index is 12.5. The lowest BCUT2D eigenvalue weighted by Crippen LogP contribution is -2.15. The first-order chi connectivity index (χ1) is 6.09. The van der Waals surface area contributed by atoms with Crippen LogP contribution in [0, 0.1) is 5.82 Å². The third-order valence-corrected chi connectivity index (χ3v) is 3.05. The highest BCUT2D eigenvalue weighted by Crippen LogP contribution is 2.20. The second-order valence-corrected chi connectivity index (χ2v) is 4.42. The molecule has 0 atom stereocenters. The van der Waals surface area contributed by atoms with Crippen molar-refractivity contribution in [3.8, 4) is 0 Å². The standard InChI is InChI=1S/C9H10FNS2/c1-11(2)9(12)13-8-5-3-7(10)4-6-8/h3-6H,1-2H3. The molecule has 0 N–H and O–H groups in total. The molecule has 70 valence electrons. The second-order valence-electron chi connectivity index (χ2n) is 2.72. The van der Waals surface area contributed by atoms with Gasteiger partial charge in [-0.2, -0.15) is 0 Å². The molecule has 0 heterocycles. The van der Waals surface area contributed by atoms with Crippen LogP contribution in [0.25, 0.3) is 0 Å². The van der Waals surface area contributed by atoms with Crippen molar-refractivity contribution in [1.82, 2.24) is 4.90 Å². The molecule has 0 aliphatic carbocycles. The Kier molecular flexibility index (Phi) is 3.69. The van der Waals surface area contributed by atoms with Crippen LogP contribution in [0.2, 0.25) is 0 Å². The van der Waals surface area contributed by atoms with Gasteiger partial charge >= 0.3 is 0 Å². The van der Waals surface area contributed by atoms with E-state index < -0.39 is 0 Å². The van der Waals surface area contributed by atoms with Crippen LogP contribution in [0.3, 0.4) is 0 Å². The summed E-state index contributed by atoms with van der Waals surface area (Å²) in [5, 5.41) is 0. The summed E-state index contributed by atoms with van der Waals surface area (Å²) in [4.78, 5) is 2.81. The molecule has 0 bridgehead atoms. The van der Waals surface area contributed by atoms with Crippen molar-refractivity contribution >= 4 is 28.3 Å². The molecule has 0 aliphatic rings. The van der Waals surface area contributed by atoms with Gasteiger partial charge in [0.2, 0.25) is 0 Å². The second kappa shape index (κ2) is 4.58. The third-order valence-electron chi connectivity index (χ3n) is 1.38. The lowest BCUT2D eigenvalue weighted by molar-refractivity contribution is 0.626. The molecule has 0 radical (unpaired) electrons. The fraction of sp³-hybridized carbons (Fsp3) is 0.222. The van der Waals surface area contributed by atoms with Crippen LogP contribution in [0.15, 0.2) is 29.2 Å². The molecular weight excluding hydrogens is 205 g/mol. The molecule has 1 aromatic rings. The van der Waals surface area contributed by atoms with Gasteiger partial charge in [-0.05, 0) is 24.3 Å². The van der Waals surface area contributed by atoms with E-state index in [0.29, 0.717) is 0 Å². The Morgan fingerprint density at radius 3 is 2.31 bits per heavy atom. The predicted molar refractivity (Wildman–Crippen MR) is 58.5 cm³/mol. The number of hydrogen-bond donors (Lipinski definition) is 0. The van der Waals surface area contributed by atoms with Crippen molar-refractivity contribution in [2.75, 3.05) is 14.1 Å². The molecule has 0 unspecified atom stereocenters. The molecule has 0 aromatic heterocycles. The van der Waals surface area contributed by atoms with Crippen molar-refractivity contribution in [3.05, 3.63) is 30.1 Å². The van der Waals surface area contributed by atoms with E-state index >= 15 is 0 Å². The number of thiocarbonyl (C=S) groups is 1. The van der Waals surface area contributed by atoms with Crippen molar-refractivity contribution in [2.24, 2.45) is 0 Å². The van der Waals surface area contributed by atoms with Crippen molar-refractivity contribution in [3.63, 3.8) is 0 Å². The molecule has 0 spiro atoms. The van der Waals surface area contributed by atoms with Crippen LogP contribution in [-0.2, 0) is 0 Å². The maximum atomic E-state index is 12.5. The highest BCUT2D eigenvalue weighted by Gasteiger charge is 2.01. The van der Waals surface area contributed by atoms with E-state index in [1.54, 1.807) is 12.1 Å². The average Bonchev–Trinajstić information content (AvgIpc) is 2.08. The Morgan fingerprint density at radius 1 is 1.31 bits per heavy atom. The highest BCUT2D eigenvalue weighted by molar-refractivity contribution is 8.22. The summed E-state index contributed by atoms with van der Waals surface area (Å²) >= 11 is 6.54. The summed E-state index contributed by atoms with van der Waals surface area (Å²) in [6.07, 6.45) is 0. The molecule has 13 heavy (non-hydrogen) atoms. The van der Waals surface area contributed by atoms with Crippen molar-refractivity contribution < 1.29 is 4.39 Å². The lowest BCUT2D eigenvalue weighted by atomic mass is 10.4. The molecule has 0 fully saturated rings. The minimum absolute atomic E-state index is 0.222. The van der Waals surface area contributed by atoms with Gasteiger partial charge in [-0.1, -0.05) is 24.0 Å². The van der Waals surface area contributed by atoms with Gasteiger partial charge in [0.15, 0.2) is 0 Å². The van der Waals surface area contributed by atoms with E-state index in [1.165, 1.54) is 23.9 Å².